The van der Waals surface area contributed by atoms with Crippen molar-refractivity contribution < 1.29 is 19.1 Å². The number of ether oxygens (including phenoxy) is 2. The van der Waals surface area contributed by atoms with Crippen LogP contribution < -0.4 is 14.8 Å². The summed E-state index contributed by atoms with van der Waals surface area (Å²) in [7, 11) is 3.26. The van der Waals surface area contributed by atoms with E-state index >= 15 is 0 Å². The fourth-order valence-electron chi connectivity index (χ4n) is 4.74. The van der Waals surface area contributed by atoms with Gasteiger partial charge in [-0.15, -0.1) is 11.3 Å². The average Bonchev–Trinajstić information content (AvgIpc) is 3.51. The van der Waals surface area contributed by atoms with Gasteiger partial charge in [-0.1, -0.05) is 12.1 Å². The maximum Gasteiger partial charge on any atom is 0.322 e. The van der Waals surface area contributed by atoms with Crippen LogP contribution in [0.15, 0.2) is 66.0 Å². The molecule has 0 saturated carbocycles. The van der Waals surface area contributed by atoms with E-state index in [0.717, 1.165) is 27.3 Å². The standard InChI is InChI=1S/C28H30N4O4S/c1-19-17-30(12-13-31(19)28(34)29-22-7-9-23(35-2)10-8-22)26(33)25-16-21-11-14-37-27(21)32(25)18-20-5-4-6-24(15-20)36-3/h4-11,14-16,19H,12-13,17-18H2,1-3H3,(H,29,34)/t19-/m1/s1. The predicted molar refractivity (Wildman–Crippen MR) is 146 cm³/mol. The Balaban J connectivity index is 1.30. The molecule has 192 valence electrons. The van der Waals surface area contributed by atoms with Gasteiger partial charge in [0.15, 0.2) is 0 Å². The molecule has 37 heavy (non-hydrogen) atoms. The third-order valence-corrected chi connectivity index (χ3v) is 7.66. The number of amides is 3. The van der Waals surface area contributed by atoms with Crippen LogP contribution in [0.2, 0.25) is 0 Å². The molecular weight excluding hydrogens is 488 g/mol. The summed E-state index contributed by atoms with van der Waals surface area (Å²) >= 11 is 1.63. The lowest BCUT2D eigenvalue weighted by Crippen LogP contribution is -2.56. The van der Waals surface area contributed by atoms with Gasteiger partial charge in [0, 0.05) is 43.3 Å². The van der Waals surface area contributed by atoms with Crippen molar-refractivity contribution in [1.82, 2.24) is 14.4 Å². The number of hydrogen-bond donors (Lipinski definition) is 1. The molecule has 5 rings (SSSR count). The largest absolute Gasteiger partial charge is 0.497 e. The fraction of sp³-hybridized carbons (Fsp3) is 0.286. The Morgan fingerprint density at radius 2 is 1.78 bits per heavy atom. The highest BCUT2D eigenvalue weighted by atomic mass is 32.1. The number of methoxy groups -OCH3 is 2. The van der Waals surface area contributed by atoms with E-state index in [0.29, 0.717) is 37.6 Å². The van der Waals surface area contributed by atoms with E-state index in [4.69, 9.17) is 9.47 Å². The van der Waals surface area contributed by atoms with Gasteiger partial charge in [-0.2, -0.15) is 0 Å². The zero-order valence-electron chi connectivity index (χ0n) is 21.1. The Bertz CT molecular complexity index is 1410. The molecule has 0 bridgehead atoms. The SMILES string of the molecule is COc1ccc(NC(=O)N2CCN(C(=O)c3cc4ccsc4n3Cc3cccc(OC)c3)C[C@H]2C)cc1. The number of hydrogen-bond acceptors (Lipinski definition) is 5. The summed E-state index contributed by atoms with van der Waals surface area (Å²) in [5.41, 5.74) is 2.42. The number of carbonyl (C=O) groups is 2. The number of urea groups is 1. The fourth-order valence-corrected chi connectivity index (χ4v) is 5.63. The molecule has 0 aliphatic carbocycles. The monoisotopic (exact) mass is 518 g/mol. The summed E-state index contributed by atoms with van der Waals surface area (Å²) in [5, 5.41) is 6.05. The molecule has 2 aromatic heterocycles. The van der Waals surface area contributed by atoms with Gasteiger partial charge in [0.2, 0.25) is 0 Å². The summed E-state index contributed by atoms with van der Waals surface area (Å²) in [6, 6.07) is 18.9. The number of anilines is 1. The molecule has 0 spiro atoms. The van der Waals surface area contributed by atoms with Crippen LogP contribution in [0.25, 0.3) is 10.2 Å². The number of fused-ring (bicyclic) bond motifs is 1. The van der Waals surface area contributed by atoms with E-state index in [9.17, 15) is 9.59 Å². The number of nitrogens with zero attached hydrogens (tertiary/aromatic N) is 3. The number of carbonyl (C=O) groups excluding carboxylic acids is 2. The predicted octanol–water partition coefficient (Wildman–Crippen LogP) is 5.15. The van der Waals surface area contributed by atoms with Crippen molar-refractivity contribution in [3.63, 3.8) is 0 Å². The lowest BCUT2D eigenvalue weighted by Gasteiger charge is -2.39. The highest BCUT2D eigenvalue weighted by molar-refractivity contribution is 7.16. The Hall–Kier alpha value is -3.98. The van der Waals surface area contributed by atoms with E-state index < -0.39 is 0 Å². The van der Waals surface area contributed by atoms with Crippen LogP contribution in [0, 0.1) is 0 Å². The van der Waals surface area contributed by atoms with Crippen LogP contribution in [0.3, 0.4) is 0 Å². The molecule has 2 aromatic carbocycles. The van der Waals surface area contributed by atoms with Gasteiger partial charge in [-0.3, -0.25) is 4.79 Å². The Labute approximate surface area is 220 Å². The Kier molecular flexibility index (Phi) is 7.05. The lowest BCUT2D eigenvalue weighted by atomic mass is 10.1. The van der Waals surface area contributed by atoms with Crippen molar-refractivity contribution in [3.8, 4) is 11.5 Å². The molecule has 1 aliphatic rings. The van der Waals surface area contributed by atoms with Crippen LogP contribution in [0.5, 0.6) is 11.5 Å². The second-order valence-corrected chi connectivity index (χ2v) is 10.00. The second kappa shape index (κ2) is 10.6. The summed E-state index contributed by atoms with van der Waals surface area (Å²) < 4.78 is 12.6. The third kappa shape index (κ3) is 5.13. The van der Waals surface area contributed by atoms with Gasteiger partial charge < -0.3 is 29.2 Å². The maximum atomic E-state index is 13.7. The van der Waals surface area contributed by atoms with Crippen molar-refractivity contribution in [2.45, 2.75) is 19.5 Å². The normalized spacial score (nSPS) is 15.6. The second-order valence-electron chi connectivity index (χ2n) is 9.10. The Morgan fingerprint density at radius 3 is 2.51 bits per heavy atom. The number of benzene rings is 2. The van der Waals surface area contributed by atoms with Crippen molar-refractivity contribution in [1.29, 1.82) is 0 Å². The maximum absolute atomic E-state index is 13.7. The molecule has 3 amide bonds. The van der Waals surface area contributed by atoms with E-state index in [1.54, 1.807) is 42.6 Å². The van der Waals surface area contributed by atoms with Gasteiger partial charge in [-0.25, -0.2) is 4.79 Å². The van der Waals surface area contributed by atoms with Gasteiger partial charge in [0.25, 0.3) is 5.91 Å². The number of piperazine rings is 1. The summed E-state index contributed by atoms with van der Waals surface area (Å²) in [4.78, 5) is 31.4. The van der Waals surface area contributed by atoms with Crippen LogP contribution in [-0.2, 0) is 6.54 Å². The number of nitrogens with one attached hydrogen (secondary N) is 1. The van der Waals surface area contributed by atoms with E-state index in [2.05, 4.69) is 9.88 Å². The molecule has 9 heteroatoms. The molecule has 1 saturated heterocycles. The molecule has 3 heterocycles. The molecule has 1 aliphatic heterocycles. The van der Waals surface area contributed by atoms with Crippen LogP contribution in [-0.4, -0.2) is 66.2 Å². The highest BCUT2D eigenvalue weighted by Gasteiger charge is 2.32. The molecule has 8 nitrogen and oxygen atoms in total. The van der Waals surface area contributed by atoms with Crippen molar-refractivity contribution in [3.05, 3.63) is 77.3 Å². The molecular formula is C28H30N4O4S. The van der Waals surface area contributed by atoms with Crippen molar-refractivity contribution in [2.75, 3.05) is 39.2 Å². The summed E-state index contributed by atoms with van der Waals surface area (Å²) in [6.07, 6.45) is 0. The minimum atomic E-state index is -0.174. The first kappa shape index (κ1) is 24.7. The van der Waals surface area contributed by atoms with E-state index in [1.165, 1.54) is 0 Å². The minimum Gasteiger partial charge on any atom is -0.497 e. The number of rotatable bonds is 6. The van der Waals surface area contributed by atoms with Gasteiger partial charge >= 0.3 is 6.03 Å². The third-order valence-electron chi connectivity index (χ3n) is 6.71. The lowest BCUT2D eigenvalue weighted by molar-refractivity contribution is 0.0583. The van der Waals surface area contributed by atoms with Gasteiger partial charge in [0.05, 0.1) is 14.2 Å². The molecule has 1 fully saturated rings. The van der Waals surface area contributed by atoms with E-state index in [1.807, 2.05) is 65.7 Å². The van der Waals surface area contributed by atoms with Crippen LogP contribution in [0.1, 0.15) is 23.0 Å². The quantitative estimate of drug-likeness (QED) is 0.383. The zero-order chi connectivity index (χ0) is 25.9. The molecule has 1 N–H and O–H groups in total. The number of thiophene rings is 1. The summed E-state index contributed by atoms with van der Waals surface area (Å²) in [6.45, 7) is 3.94. The molecule has 4 aromatic rings. The topological polar surface area (TPSA) is 76.0 Å². The van der Waals surface area contributed by atoms with Crippen LogP contribution in [0.4, 0.5) is 10.5 Å². The molecule has 0 radical (unpaired) electrons. The molecule has 1 atom stereocenters. The van der Waals surface area contributed by atoms with Crippen molar-refractivity contribution in [2.24, 2.45) is 0 Å². The zero-order valence-corrected chi connectivity index (χ0v) is 22.0. The average molecular weight is 519 g/mol. The molecule has 0 unspecified atom stereocenters. The first-order chi connectivity index (χ1) is 18.0. The first-order valence-corrected chi connectivity index (χ1v) is 13.1. The number of aromatic nitrogens is 1. The van der Waals surface area contributed by atoms with Gasteiger partial charge in [0.1, 0.15) is 22.0 Å². The van der Waals surface area contributed by atoms with Crippen molar-refractivity contribution >= 4 is 39.2 Å². The highest BCUT2D eigenvalue weighted by Crippen LogP contribution is 2.28. The first-order valence-electron chi connectivity index (χ1n) is 12.2. The smallest absolute Gasteiger partial charge is 0.322 e. The van der Waals surface area contributed by atoms with Gasteiger partial charge in [-0.05, 0) is 66.4 Å². The van der Waals surface area contributed by atoms with Crippen LogP contribution >= 0.6 is 11.3 Å². The Morgan fingerprint density at radius 1 is 1.00 bits per heavy atom. The minimum absolute atomic E-state index is 0.0200. The summed E-state index contributed by atoms with van der Waals surface area (Å²) in [5.74, 6) is 1.50. The van der Waals surface area contributed by atoms with E-state index in [-0.39, 0.29) is 18.0 Å².